The highest BCUT2D eigenvalue weighted by atomic mass is 35.5. The van der Waals surface area contributed by atoms with Gasteiger partial charge in [0.05, 0.1) is 16.2 Å². The van der Waals surface area contributed by atoms with Crippen molar-refractivity contribution in [2.45, 2.75) is 11.4 Å². The summed E-state index contributed by atoms with van der Waals surface area (Å²) in [6.45, 7) is 0.503. The van der Waals surface area contributed by atoms with E-state index in [9.17, 15) is 12.8 Å². The molecule has 0 saturated heterocycles. The van der Waals surface area contributed by atoms with Crippen LogP contribution in [-0.4, -0.2) is 24.4 Å². The molecule has 31 heavy (non-hydrogen) atoms. The first-order valence-electron chi connectivity index (χ1n) is 9.06. The van der Waals surface area contributed by atoms with Gasteiger partial charge in [-0.15, -0.1) is 12.4 Å². The van der Waals surface area contributed by atoms with Crippen molar-refractivity contribution in [1.29, 1.82) is 0 Å². The molecular weight excluding hydrogens is 462 g/mol. The first kappa shape index (κ1) is 23.0. The number of rotatable bonds is 6. The topological polar surface area (TPSA) is 76.0 Å². The van der Waals surface area contributed by atoms with Crippen molar-refractivity contribution in [3.05, 3.63) is 83.5 Å². The Kier molecular flexibility index (Phi) is 6.86. The van der Waals surface area contributed by atoms with Crippen molar-refractivity contribution in [2.24, 2.45) is 0 Å². The maximum absolute atomic E-state index is 13.3. The maximum Gasteiger partial charge on any atom is 0.269 e. The molecule has 2 aromatic heterocycles. The van der Waals surface area contributed by atoms with E-state index in [1.54, 1.807) is 25.4 Å². The molecule has 0 saturated carbocycles. The first-order valence-corrected chi connectivity index (χ1v) is 10.9. The van der Waals surface area contributed by atoms with Gasteiger partial charge in [-0.2, -0.15) is 0 Å². The third-order valence-electron chi connectivity index (χ3n) is 4.62. The van der Waals surface area contributed by atoms with Gasteiger partial charge in [0, 0.05) is 36.2 Å². The lowest BCUT2D eigenvalue weighted by molar-refractivity contribution is 0.588. The van der Waals surface area contributed by atoms with Crippen LogP contribution in [0.3, 0.4) is 0 Å². The van der Waals surface area contributed by atoms with E-state index in [1.807, 2.05) is 12.1 Å². The summed E-state index contributed by atoms with van der Waals surface area (Å²) in [5.41, 5.74) is 2.48. The Hall–Kier alpha value is -2.65. The molecule has 2 aromatic carbocycles. The fourth-order valence-corrected chi connectivity index (χ4v) is 4.80. The van der Waals surface area contributed by atoms with E-state index in [4.69, 9.17) is 11.6 Å². The smallest absolute Gasteiger partial charge is 0.269 e. The summed E-state index contributed by atoms with van der Waals surface area (Å²) in [4.78, 5) is 4.02. The zero-order chi connectivity index (χ0) is 21.3. The van der Waals surface area contributed by atoms with Crippen LogP contribution in [0.2, 0.25) is 5.02 Å². The quantitative estimate of drug-likeness (QED) is 0.408. The molecule has 0 unspecified atom stereocenters. The van der Waals surface area contributed by atoms with E-state index in [1.165, 1.54) is 40.6 Å². The van der Waals surface area contributed by atoms with Gasteiger partial charge in [-0.25, -0.2) is 16.8 Å². The average Bonchev–Trinajstić information content (AvgIpc) is 3.10. The second-order valence-corrected chi connectivity index (χ2v) is 8.88. The van der Waals surface area contributed by atoms with Crippen LogP contribution in [0.4, 0.5) is 15.8 Å². The molecule has 0 spiro atoms. The Morgan fingerprint density at radius 2 is 1.97 bits per heavy atom. The fourth-order valence-electron chi connectivity index (χ4n) is 3.23. The minimum atomic E-state index is -3.84. The van der Waals surface area contributed by atoms with Crippen LogP contribution < -0.4 is 10.6 Å². The molecular formula is C21H19Cl2FN4O2S. The summed E-state index contributed by atoms with van der Waals surface area (Å²) in [6.07, 6.45) is 4.45. The minimum absolute atomic E-state index is 0. The lowest BCUT2D eigenvalue weighted by atomic mass is 10.1. The van der Waals surface area contributed by atoms with E-state index in [-0.39, 0.29) is 22.3 Å². The molecule has 2 heterocycles. The van der Waals surface area contributed by atoms with Crippen LogP contribution in [0.15, 0.2) is 72.0 Å². The van der Waals surface area contributed by atoms with Gasteiger partial charge in [0.15, 0.2) is 0 Å². The van der Waals surface area contributed by atoms with Crippen molar-refractivity contribution in [3.8, 4) is 0 Å². The molecule has 0 bridgehead atoms. The van der Waals surface area contributed by atoms with E-state index in [2.05, 4.69) is 15.6 Å². The lowest BCUT2D eigenvalue weighted by Gasteiger charge is -2.11. The standard InChI is InChI=1S/C21H18ClFN4O2S.ClH/c1-24-11-14-13-27(30(28,29)17-3-2-8-25-12-17)21-10-16(5-6-18(14)21)26-20-7-4-15(23)9-19(20)22;/h2-10,12-13,24,26H,11H2,1H3;1H. The van der Waals surface area contributed by atoms with E-state index >= 15 is 0 Å². The molecule has 0 fully saturated rings. The van der Waals surface area contributed by atoms with Crippen molar-refractivity contribution < 1.29 is 12.8 Å². The Morgan fingerprint density at radius 3 is 2.65 bits per heavy atom. The van der Waals surface area contributed by atoms with Crippen LogP contribution in [0.1, 0.15) is 5.56 Å². The number of nitrogens with zero attached hydrogens (tertiary/aromatic N) is 2. The second kappa shape index (κ2) is 9.23. The molecule has 6 nitrogen and oxygen atoms in total. The fraction of sp³-hybridized carbons (Fsp3) is 0.0952. The number of nitrogens with one attached hydrogen (secondary N) is 2. The molecule has 0 amide bonds. The Labute approximate surface area is 190 Å². The predicted octanol–water partition coefficient (Wildman–Crippen LogP) is 4.95. The van der Waals surface area contributed by atoms with Gasteiger partial charge in [-0.05, 0) is 55.1 Å². The van der Waals surface area contributed by atoms with Crippen molar-refractivity contribution >= 4 is 56.3 Å². The summed E-state index contributed by atoms with van der Waals surface area (Å²) in [5, 5.41) is 7.20. The van der Waals surface area contributed by atoms with Crippen molar-refractivity contribution in [3.63, 3.8) is 0 Å². The Balaban J connectivity index is 0.00000272. The molecule has 0 aliphatic heterocycles. The highest BCUT2D eigenvalue weighted by molar-refractivity contribution is 7.90. The maximum atomic E-state index is 13.3. The monoisotopic (exact) mass is 480 g/mol. The molecule has 162 valence electrons. The zero-order valence-corrected chi connectivity index (χ0v) is 18.7. The van der Waals surface area contributed by atoms with Gasteiger partial charge >= 0.3 is 0 Å². The van der Waals surface area contributed by atoms with E-state index in [0.29, 0.717) is 23.4 Å². The predicted molar refractivity (Wildman–Crippen MR) is 123 cm³/mol. The second-order valence-electron chi connectivity index (χ2n) is 6.66. The minimum Gasteiger partial charge on any atom is -0.354 e. The van der Waals surface area contributed by atoms with Gasteiger partial charge < -0.3 is 10.6 Å². The van der Waals surface area contributed by atoms with Gasteiger partial charge in [0.1, 0.15) is 10.7 Å². The lowest BCUT2D eigenvalue weighted by Crippen LogP contribution is -2.12. The van der Waals surface area contributed by atoms with Crippen molar-refractivity contribution in [2.75, 3.05) is 12.4 Å². The van der Waals surface area contributed by atoms with Gasteiger partial charge in [0.25, 0.3) is 10.0 Å². The number of aromatic nitrogens is 2. The van der Waals surface area contributed by atoms with Gasteiger partial charge in [-0.3, -0.25) is 4.98 Å². The molecule has 4 aromatic rings. The number of benzene rings is 2. The number of fused-ring (bicyclic) bond motifs is 1. The molecule has 0 radical (unpaired) electrons. The summed E-state index contributed by atoms with van der Waals surface area (Å²) < 4.78 is 41.1. The van der Waals surface area contributed by atoms with E-state index < -0.39 is 15.8 Å². The highest BCUT2D eigenvalue weighted by Gasteiger charge is 2.21. The SMILES string of the molecule is CNCc1cn(S(=O)(=O)c2cccnc2)c2cc(Nc3ccc(F)cc3Cl)ccc12.Cl. The third-order valence-corrected chi connectivity index (χ3v) is 6.59. The van der Waals surface area contributed by atoms with Crippen LogP contribution in [0.5, 0.6) is 0 Å². The number of pyridine rings is 1. The molecule has 2 N–H and O–H groups in total. The summed E-state index contributed by atoms with van der Waals surface area (Å²) in [6, 6.07) is 12.5. The molecule has 0 aliphatic rings. The van der Waals surface area contributed by atoms with Crippen LogP contribution in [-0.2, 0) is 16.6 Å². The largest absolute Gasteiger partial charge is 0.354 e. The summed E-state index contributed by atoms with van der Waals surface area (Å²) >= 11 is 6.11. The highest BCUT2D eigenvalue weighted by Crippen LogP contribution is 2.31. The van der Waals surface area contributed by atoms with Crippen molar-refractivity contribution in [1.82, 2.24) is 14.3 Å². The van der Waals surface area contributed by atoms with Gasteiger partial charge in [-0.1, -0.05) is 17.7 Å². The Bertz CT molecular complexity index is 1330. The molecule has 0 atom stereocenters. The van der Waals surface area contributed by atoms with Crippen LogP contribution >= 0.6 is 24.0 Å². The number of halogens is 3. The van der Waals surface area contributed by atoms with Crippen LogP contribution in [0, 0.1) is 5.82 Å². The molecule has 10 heteroatoms. The normalized spacial score (nSPS) is 11.3. The average molecular weight is 481 g/mol. The number of hydrogen-bond donors (Lipinski definition) is 2. The third kappa shape index (κ3) is 4.52. The zero-order valence-electron chi connectivity index (χ0n) is 16.3. The number of anilines is 2. The van der Waals surface area contributed by atoms with Gasteiger partial charge in [0.2, 0.25) is 0 Å². The van der Waals surface area contributed by atoms with Crippen LogP contribution in [0.25, 0.3) is 10.9 Å². The summed E-state index contributed by atoms with van der Waals surface area (Å²) in [5.74, 6) is -0.436. The summed E-state index contributed by atoms with van der Waals surface area (Å²) in [7, 11) is -2.05. The molecule has 0 aliphatic carbocycles. The Morgan fingerprint density at radius 1 is 1.16 bits per heavy atom. The van der Waals surface area contributed by atoms with E-state index in [0.717, 1.165) is 10.9 Å². The molecule has 4 rings (SSSR count). The number of hydrogen-bond acceptors (Lipinski definition) is 5. The first-order chi connectivity index (χ1) is 14.4.